The summed E-state index contributed by atoms with van der Waals surface area (Å²) in [6.45, 7) is 0. The van der Waals surface area contributed by atoms with E-state index in [9.17, 15) is 4.79 Å². The molecule has 0 amide bonds. The van der Waals surface area contributed by atoms with Crippen molar-refractivity contribution in [3.63, 3.8) is 0 Å². The molecule has 0 spiro atoms. The van der Waals surface area contributed by atoms with Crippen LogP contribution < -0.4 is 5.32 Å². The number of rotatable bonds is 4. The zero-order valence-corrected chi connectivity index (χ0v) is 10.2. The first-order chi connectivity index (χ1) is 8.31. The fourth-order valence-corrected chi connectivity index (χ4v) is 2.39. The molecule has 0 heterocycles. The molecule has 1 aromatic rings. The van der Waals surface area contributed by atoms with Crippen LogP contribution in [-0.2, 0) is 9.53 Å². The van der Waals surface area contributed by atoms with Crippen LogP contribution in [0.2, 0.25) is 0 Å². The summed E-state index contributed by atoms with van der Waals surface area (Å²) in [4.78, 5) is 11.8. The number of carbonyl (C=O) groups is 1. The van der Waals surface area contributed by atoms with E-state index >= 15 is 0 Å². The lowest BCUT2D eigenvalue weighted by Crippen LogP contribution is -2.36. The SMILES string of the molecule is COC(=O)C(NC1CCCC1)c1ccccc1. The van der Waals surface area contributed by atoms with Crippen LogP contribution in [0.4, 0.5) is 0 Å². The lowest BCUT2D eigenvalue weighted by Gasteiger charge is -2.21. The highest BCUT2D eigenvalue weighted by Gasteiger charge is 2.25. The molecular formula is C14H19NO2. The van der Waals surface area contributed by atoms with Gasteiger partial charge in [-0.15, -0.1) is 0 Å². The van der Waals surface area contributed by atoms with Crippen molar-refractivity contribution in [3.8, 4) is 0 Å². The number of hydrogen-bond donors (Lipinski definition) is 1. The largest absolute Gasteiger partial charge is 0.468 e. The first-order valence-electron chi connectivity index (χ1n) is 6.20. The van der Waals surface area contributed by atoms with Crippen LogP contribution in [-0.4, -0.2) is 19.1 Å². The zero-order chi connectivity index (χ0) is 12.1. The van der Waals surface area contributed by atoms with Crippen molar-refractivity contribution in [2.45, 2.75) is 37.8 Å². The maximum atomic E-state index is 11.8. The van der Waals surface area contributed by atoms with E-state index in [-0.39, 0.29) is 12.0 Å². The second-order valence-electron chi connectivity index (χ2n) is 4.51. The van der Waals surface area contributed by atoms with Gasteiger partial charge in [-0.25, -0.2) is 4.79 Å². The van der Waals surface area contributed by atoms with Gasteiger partial charge in [0.15, 0.2) is 0 Å². The molecule has 2 rings (SSSR count). The number of methoxy groups -OCH3 is 1. The molecule has 1 aromatic carbocycles. The Balaban J connectivity index is 2.10. The van der Waals surface area contributed by atoms with Crippen molar-refractivity contribution in [3.05, 3.63) is 35.9 Å². The van der Waals surface area contributed by atoms with E-state index in [4.69, 9.17) is 4.74 Å². The highest BCUT2D eigenvalue weighted by atomic mass is 16.5. The van der Waals surface area contributed by atoms with Crippen LogP contribution in [0.3, 0.4) is 0 Å². The molecule has 3 nitrogen and oxygen atoms in total. The van der Waals surface area contributed by atoms with Gasteiger partial charge in [0, 0.05) is 6.04 Å². The normalized spacial score (nSPS) is 17.9. The summed E-state index contributed by atoms with van der Waals surface area (Å²) in [5.41, 5.74) is 0.978. The Kier molecular flexibility index (Phi) is 4.15. The topological polar surface area (TPSA) is 38.3 Å². The molecule has 92 valence electrons. The fraction of sp³-hybridized carbons (Fsp3) is 0.500. The van der Waals surface area contributed by atoms with Crippen LogP contribution in [0.1, 0.15) is 37.3 Å². The minimum Gasteiger partial charge on any atom is -0.468 e. The van der Waals surface area contributed by atoms with E-state index in [0.717, 1.165) is 18.4 Å². The van der Waals surface area contributed by atoms with Crippen molar-refractivity contribution >= 4 is 5.97 Å². The Morgan fingerprint density at radius 1 is 1.29 bits per heavy atom. The third-order valence-electron chi connectivity index (χ3n) is 3.33. The van der Waals surface area contributed by atoms with Gasteiger partial charge in [-0.1, -0.05) is 43.2 Å². The van der Waals surface area contributed by atoms with Crippen molar-refractivity contribution < 1.29 is 9.53 Å². The number of carbonyl (C=O) groups excluding carboxylic acids is 1. The molecular weight excluding hydrogens is 214 g/mol. The van der Waals surface area contributed by atoms with Gasteiger partial charge in [0.2, 0.25) is 0 Å². The summed E-state index contributed by atoms with van der Waals surface area (Å²) in [6, 6.07) is 9.88. The van der Waals surface area contributed by atoms with Gasteiger partial charge < -0.3 is 4.74 Å². The van der Waals surface area contributed by atoms with Crippen molar-refractivity contribution in [2.75, 3.05) is 7.11 Å². The lowest BCUT2D eigenvalue weighted by atomic mass is 10.1. The minimum atomic E-state index is -0.329. The summed E-state index contributed by atoms with van der Waals surface area (Å²) in [7, 11) is 1.44. The average molecular weight is 233 g/mol. The van der Waals surface area contributed by atoms with E-state index in [1.165, 1.54) is 20.0 Å². The van der Waals surface area contributed by atoms with Gasteiger partial charge >= 0.3 is 5.97 Å². The molecule has 1 aliphatic carbocycles. The number of esters is 1. The van der Waals surface area contributed by atoms with E-state index in [1.807, 2.05) is 30.3 Å². The molecule has 0 saturated heterocycles. The number of hydrogen-bond acceptors (Lipinski definition) is 3. The van der Waals surface area contributed by atoms with Crippen LogP contribution in [0.5, 0.6) is 0 Å². The third-order valence-corrected chi connectivity index (χ3v) is 3.33. The van der Waals surface area contributed by atoms with E-state index in [1.54, 1.807) is 0 Å². The van der Waals surface area contributed by atoms with Gasteiger partial charge in [-0.3, -0.25) is 5.32 Å². The minimum absolute atomic E-state index is 0.205. The van der Waals surface area contributed by atoms with Gasteiger partial charge in [0.05, 0.1) is 7.11 Å². The Labute approximate surface area is 102 Å². The fourth-order valence-electron chi connectivity index (χ4n) is 2.39. The smallest absolute Gasteiger partial charge is 0.327 e. The molecule has 1 unspecified atom stereocenters. The number of ether oxygens (including phenoxy) is 1. The molecule has 1 fully saturated rings. The molecule has 0 aliphatic heterocycles. The average Bonchev–Trinajstić information content (AvgIpc) is 2.89. The van der Waals surface area contributed by atoms with Crippen LogP contribution in [0.15, 0.2) is 30.3 Å². The maximum Gasteiger partial charge on any atom is 0.327 e. The molecule has 0 bridgehead atoms. The van der Waals surface area contributed by atoms with Gasteiger partial charge in [0.1, 0.15) is 6.04 Å². The van der Waals surface area contributed by atoms with E-state index in [0.29, 0.717) is 6.04 Å². The molecule has 0 radical (unpaired) electrons. The molecule has 1 atom stereocenters. The molecule has 17 heavy (non-hydrogen) atoms. The Morgan fingerprint density at radius 3 is 2.53 bits per heavy atom. The highest BCUT2D eigenvalue weighted by Crippen LogP contribution is 2.22. The third kappa shape index (κ3) is 3.07. The maximum absolute atomic E-state index is 11.8. The Hall–Kier alpha value is -1.35. The van der Waals surface area contributed by atoms with Crippen molar-refractivity contribution in [2.24, 2.45) is 0 Å². The highest BCUT2D eigenvalue weighted by molar-refractivity contribution is 5.77. The van der Waals surface area contributed by atoms with Crippen molar-refractivity contribution in [1.29, 1.82) is 0 Å². The number of benzene rings is 1. The molecule has 1 aliphatic rings. The molecule has 1 N–H and O–H groups in total. The van der Waals surface area contributed by atoms with Crippen LogP contribution in [0.25, 0.3) is 0 Å². The predicted molar refractivity (Wildman–Crippen MR) is 66.6 cm³/mol. The molecule has 0 aromatic heterocycles. The van der Waals surface area contributed by atoms with Gasteiger partial charge in [-0.2, -0.15) is 0 Å². The second kappa shape index (κ2) is 5.82. The first kappa shape index (κ1) is 12.1. The summed E-state index contributed by atoms with van der Waals surface area (Å²) in [6.07, 6.45) is 4.81. The monoisotopic (exact) mass is 233 g/mol. The van der Waals surface area contributed by atoms with Crippen LogP contribution in [0, 0.1) is 0 Å². The summed E-state index contributed by atoms with van der Waals surface area (Å²) in [5.74, 6) is -0.205. The quantitative estimate of drug-likeness (QED) is 0.812. The molecule has 3 heteroatoms. The Morgan fingerprint density at radius 2 is 1.94 bits per heavy atom. The summed E-state index contributed by atoms with van der Waals surface area (Å²) < 4.78 is 4.88. The second-order valence-corrected chi connectivity index (χ2v) is 4.51. The summed E-state index contributed by atoms with van der Waals surface area (Å²) in [5, 5.41) is 3.41. The standard InChI is InChI=1S/C14H19NO2/c1-17-14(16)13(11-7-3-2-4-8-11)15-12-9-5-6-10-12/h2-4,7-8,12-13,15H,5-6,9-10H2,1H3. The summed E-state index contributed by atoms with van der Waals surface area (Å²) >= 11 is 0. The number of nitrogens with one attached hydrogen (secondary N) is 1. The van der Waals surface area contributed by atoms with E-state index in [2.05, 4.69) is 5.32 Å². The van der Waals surface area contributed by atoms with Gasteiger partial charge in [0.25, 0.3) is 0 Å². The van der Waals surface area contributed by atoms with E-state index < -0.39 is 0 Å². The Bertz CT molecular complexity index is 358. The van der Waals surface area contributed by atoms with Crippen LogP contribution >= 0.6 is 0 Å². The predicted octanol–water partition coefficient (Wildman–Crippen LogP) is 2.43. The lowest BCUT2D eigenvalue weighted by molar-refractivity contribution is -0.143. The molecule has 1 saturated carbocycles. The first-order valence-corrected chi connectivity index (χ1v) is 6.20. The van der Waals surface area contributed by atoms with Gasteiger partial charge in [-0.05, 0) is 18.4 Å². The van der Waals surface area contributed by atoms with Crippen molar-refractivity contribution in [1.82, 2.24) is 5.32 Å². The zero-order valence-electron chi connectivity index (χ0n) is 10.2.